The number of aliphatic hydroxyl groups is 1. The second-order valence-electron chi connectivity index (χ2n) is 11.3. The van der Waals surface area contributed by atoms with Gasteiger partial charge in [0.15, 0.2) is 11.5 Å². The SMILES string of the molecule is COc1cc2c(cc1OC(C)C)-c1cc(C(=O)NC(CO)Cc3c[nH]c4ccccc34)c(-c3cccc(C)c3)n1CC2. The van der Waals surface area contributed by atoms with Crippen LogP contribution in [0.25, 0.3) is 33.4 Å². The summed E-state index contributed by atoms with van der Waals surface area (Å²) in [5, 5.41) is 14.5. The zero-order valence-electron chi connectivity index (χ0n) is 24.5. The molecule has 3 N–H and O–H groups in total. The molecule has 42 heavy (non-hydrogen) atoms. The highest BCUT2D eigenvalue weighted by Crippen LogP contribution is 2.43. The number of H-pyrrole nitrogens is 1. The second-order valence-corrected chi connectivity index (χ2v) is 11.3. The van der Waals surface area contributed by atoms with Crippen molar-refractivity contribution in [1.82, 2.24) is 14.9 Å². The first-order chi connectivity index (χ1) is 20.4. The minimum absolute atomic E-state index is 0.0101. The molecule has 0 saturated heterocycles. The number of aryl methyl sites for hydroxylation is 2. The van der Waals surface area contributed by atoms with Crippen LogP contribution in [0.4, 0.5) is 0 Å². The van der Waals surface area contributed by atoms with Crippen molar-refractivity contribution in [3.05, 3.63) is 95.2 Å². The standard InChI is InChI=1S/C35H37N3O4/c1-21(2)42-33-18-28-23(16-32(33)41-4)12-13-38-31(28)17-29(34(38)24-9-7-8-22(3)14-24)35(40)37-26(20-39)15-25-19-36-30-11-6-5-10-27(25)30/h5-11,14,16-19,21,26,36,39H,12-13,15,20H2,1-4H3,(H,37,40). The molecule has 0 bridgehead atoms. The second kappa shape index (κ2) is 11.4. The van der Waals surface area contributed by atoms with E-state index in [-0.39, 0.29) is 18.6 Å². The van der Waals surface area contributed by atoms with E-state index in [1.807, 2.05) is 56.4 Å². The summed E-state index contributed by atoms with van der Waals surface area (Å²) in [5.74, 6) is 1.19. The maximum absolute atomic E-state index is 14.0. The van der Waals surface area contributed by atoms with Gasteiger partial charge < -0.3 is 29.4 Å². The number of aliphatic hydroxyl groups excluding tert-OH is 1. The van der Waals surface area contributed by atoms with Gasteiger partial charge in [-0.3, -0.25) is 4.79 Å². The van der Waals surface area contributed by atoms with Crippen molar-refractivity contribution in [2.24, 2.45) is 0 Å². The van der Waals surface area contributed by atoms with Gasteiger partial charge in [-0.15, -0.1) is 0 Å². The number of aromatic nitrogens is 2. The molecular weight excluding hydrogens is 526 g/mol. The van der Waals surface area contributed by atoms with E-state index in [9.17, 15) is 9.90 Å². The highest BCUT2D eigenvalue weighted by Gasteiger charge is 2.29. The number of fused-ring (bicyclic) bond motifs is 4. The summed E-state index contributed by atoms with van der Waals surface area (Å²) in [6.45, 7) is 6.60. The van der Waals surface area contributed by atoms with E-state index >= 15 is 0 Å². The summed E-state index contributed by atoms with van der Waals surface area (Å²) in [5.41, 5.74) is 8.81. The molecule has 3 heterocycles. The molecule has 3 aromatic carbocycles. The van der Waals surface area contributed by atoms with E-state index in [0.717, 1.165) is 63.1 Å². The highest BCUT2D eigenvalue weighted by molar-refractivity contribution is 6.02. The van der Waals surface area contributed by atoms with E-state index in [0.29, 0.717) is 23.5 Å². The number of nitrogens with one attached hydrogen (secondary N) is 2. The van der Waals surface area contributed by atoms with Gasteiger partial charge in [-0.1, -0.05) is 42.0 Å². The number of carbonyl (C=O) groups excluding carboxylic acids is 1. The number of para-hydroxylation sites is 1. The Balaban J connectivity index is 1.41. The van der Waals surface area contributed by atoms with Crippen LogP contribution in [0.5, 0.6) is 11.5 Å². The zero-order chi connectivity index (χ0) is 29.4. The first-order valence-electron chi connectivity index (χ1n) is 14.5. The predicted molar refractivity (Wildman–Crippen MR) is 166 cm³/mol. The first kappa shape index (κ1) is 27.7. The highest BCUT2D eigenvalue weighted by atomic mass is 16.5. The van der Waals surface area contributed by atoms with Crippen LogP contribution in [-0.2, 0) is 19.4 Å². The number of hydrogen-bond acceptors (Lipinski definition) is 4. The monoisotopic (exact) mass is 563 g/mol. The molecule has 0 aliphatic carbocycles. The van der Waals surface area contributed by atoms with Crippen LogP contribution in [0.1, 0.15) is 40.9 Å². The average Bonchev–Trinajstić information content (AvgIpc) is 3.58. The van der Waals surface area contributed by atoms with Crippen molar-refractivity contribution in [2.75, 3.05) is 13.7 Å². The molecule has 0 spiro atoms. The number of aromatic amines is 1. The van der Waals surface area contributed by atoms with Crippen molar-refractivity contribution < 1.29 is 19.4 Å². The number of ether oxygens (including phenoxy) is 2. The summed E-state index contributed by atoms with van der Waals surface area (Å²) in [4.78, 5) is 17.3. The average molecular weight is 564 g/mol. The fraction of sp³-hybridized carbons (Fsp3) is 0.286. The third kappa shape index (κ3) is 5.16. The third-order valence-corrected chi connectivity index (χ3v) is 7.96. The zero-order valence-corrected chi connectivity index (χ0v) is 24.5. The molecule has 1 aliphatic heterocycles. The number of rotatable bonds is 9. The molecule has 0 radical (unpaired) electrons. The number of amides is 1. The lowest BCUT2D eigenvalue weighted by molar-refractivity contribution is 0.0917. The lowest BCUT2D eigenvalue weighted by Gasteiger charge is -2.24. The molecule has 2 aromatic heterocycles. The Labute approximate surface area is 246 Å². The topological polar surface area (TPSA) is 88.5 Å². The number of benzene rings is 3. The predicted octanol–water partition coefficient (Wildman–Crippen LogP) is 6.30. The van der Waals surface area contributed by atoms with Gasteiger partial charge in [-0.05, 0) is 80.6 Å². The van der Waals surface area contributed by atoms with Crippen LogP contribution in [0, 0.1) is 6.92 Å². The van der Waals surface area contributed by atoms with E-state index < -0.39 is 6.04 Å². The number of methoxy groups -OCH3 is 1. The normalized spacial score (nSPS) is 13.1. The smallest absolute Gasteiger partial charge is 0.253 e. The van der Waals surface area contributed by atoms with E-state index in [4.69, 9.17) is 9.47 Å². The Hall–Kier alpha value is -4.49. The Kier molecular flexibility index (Phi) is 7.52. The molecule has 5 aromatic rings. The Morgan fingerprint density at radius 3 is 2.67 bits per heavy atom. The largest absolute Gasteiger partial charge is 0.493 e. The van der Waals surface area contributed by atoms with E-state index in [1.165, 1.54) is 0 Å². The quantitative estimate of drug-likeness (QED) is 0.197. The molecule has 7 heteroatoms. The van der Waals surface area contributed by atoms with Crippen molar-refractivity contribution in [1.29, 1.82) is 0 Å². The molecule has 1 aliphatic rings. The summed E-state index contributed by atoms with van der Waals surface area (Å²) in [6.07, 6.45) is 3.26. The Bertz CT molecular complexity index is 1760. The van der Waals surface area contributed by atoms with Gasteiger partial charge in [0.05, 0.1) is 37.1 Å². The Morgan fingerprint density at radius 1 is 1.07 bits per heavy atom. The van der Waals surface area contributed by atoms with Gasteiger partial charge in [0.25, 0.3) is 5.91 Å². The molecule has 1 amide bonds. The van der Waals surface area contributed by atoms with E-state index in [1.54, 1.807) is 7.11 Å². The van der Waals surface area contributed by atoms with Crippen molar-refractivity contribution in [2.45, 2.75) is 52.3 Å². The molecule has 0 saturated carbocycles. The molecule has 216 valence electrons. The summed E-state index contributed by atoms with van der Waals surface area (Å²) in [7, 11) is 1.66. The van der Waals surface area contributed by atoms with Crippen LogP contribution in [-0.4, -0.2) is 46.4 Å². The van der Waals surface area contributed by atoms with Crippen LogP contribution in [0.15, 0.2) is 72.9 Å². The Morgan fingerprint density at radius 2 is 1.90 bits per heavy atom. The minimum atomic E-state index is -0.443. The van der Waals surface area contributed by atoms with Crippen LogP contribution in [0.3, 0.4) is 0 Å². The summed E-state index contributed by atoms with van der Waals surface area (Å²) >= 11 is 0. The molecule has 0 fully saturated rings. The maximum Gasteiger partial charge on any atom is 0.253 e. The minimum Gasteiger partial charge on any atom is -0.493 e. The summed E-state index contributed by atoms with van der Waals surface area (Å²) < 4.78 is 14.0. The molecule has 1 unspecified atom stereocenters. The van der Waals surface area contributed by atoms with Gasteiger partial charge in [0.1, 0.15) is 0 Å². The molecule has 7 nitrogen and oxygen atoms in total. The number of hydrogen-bond donors (Lipinski definition) is 3. The van der Waals surface area contributed by atoms with Gasteiger partial charge >= 0.3 is 0 Å². The maximum atomic E-state index is 14.0. The van der Waals surface area contributed by atoms with Gasteiger partial charge in [-0.25, -0.2) is 0 Å². The van der Waals surface area contributed by atoms with Crippen LogP contribution in [0.2, 0.25) is 0 Å². The number of nitrogens with zero attached hydrogens (tertiary/aromatic N) is 1. The van der Waals surface area contributed by atoms with Crippen molar-refractivity contribution >= 4 is 16.8 Å². The third-order valence-electron chi connectivity index (χ3n) is 7.96. The van der Waals surface area contributed by atoms with Crippen molar-refractivity contribution in [3.8, 4) is 34.0 Å². The first-order valence-corrected chi connectivity index (χ1v) is 14.5. The van der Waals surface area contributed by atoms with Gasteiger partial charge in [-0.2, -0.15) is 0 Å². The van der Waals surface area contributed by atoms with E-state index in [2.05, 4.69) is 52.1 Å². The molecule has 1 atom stereocenters. The van der Waals surface area contributed by atoms with Crippen molar-refractivity contribution in [3.63, 3.8) is 0 Å². The van der Waals surface area contributed by atoms with Gasteiger partial charge in [0, 0.05) is 34.9 Å². The van der Waals surface area contributed by atoms with Gasteiger partial charge in [0.2, 0.25) is 0 Å². The number of carbonyl (C=O) groups is 1. The lowest BCUT2D eigenvalue weighted by atomic mass is 9.97. The molecule has 6 rings (SSSR count). The van der Waals surface area contributed by atoms with Crippen LogP contribution < -0.4 is 14.8 Å². The summed E-state index contributed by atoms with van der Waals surface area (Å²) in [6, 6.07) is 21.9. The lowest BCUT2D eigenvalue weighted by Crippen LogP contribution is -2.39. The molecular formula is C35H37N3O4. The van der Waals surface area contributed by atoms with Crippen LogP contribution >= 0.6 is 0 Å². The fourth-order valence-electron chi connectivity index (χ4n) is 6.06. The fourth-order valence-corrected chi connectivity index (χ4v) is 6.06.